The van der Waals surface area contributed by atoms with Gasteiger partial charge < -0.3 is 10.1 Å². The van der Waals surface area contributed by atoms with E-state index in [-0.39, 0.29) is 6.03 Å². The third kappa shape index (κ3) is 3.49. The second-order valence-corrected chi connectivity index (χ2v) is 2.60. The van der Waals surface area contributed by atoms with Crippen LogP contribution in [0.15, 0.2) is 30.3 Å². The molecule has 1 aromatic rings. The molecule has 4 nitrogen and oxygen atoms in total. The van der Waals surface area contributed by atoms with E-state index in [4.69, 9.17) is 4.79 Å². The quantitative estimate of drug-likeness (QED) is 0.693. The predicted octanol–water partition coefficient (Wildman–Crippen LogP) is 1.49. The fourth-order valence-corrected chi connectivity index (χ4v) is 1.03. The van der Waals surface area contributed by atoms with Crippen molar-refractivity contribution in [2.24, 2.45) is 0 Å². The lowest BCUT2D eigenvalue weighted by molar-refractivity contribution is -0.0979. The molecular weight excluding hydrogens is 200 g/mol. The largest absolute Gasteiger partial charge is 0.340 e. The topological polar surface area (TPSA) is 49.4 Å². The highest BCUT2D eigenvalue weighted by molar-refractivity contribution is 7.82. The van der Waals surface area contributed by atoms with Gasteiger partial charge in [0.05, 0.1) is 5.69 Å². The van der Waals surface area contributed by atoms with Gasteiger partial charge in [-0.3, -0.25) is 0 Å². The minimum Gasteiger partial charge on any atom is -0.340 e. The number of carbonyl (C=O) groups is 2. The Morgan fingerprint density at radius 1 is 1.36 bits per heavy atom. The first-order valence-electron chi connectivity index (χ1n) is 3.80. The molecule has 5 heteroatoms. The molecule has 1 N–H and O–H groups in total. The third-order valence-electron chi connectivity index (χ3n) is 1.41. The van der Waals surface area contributed by atoms with Crippen LogP contribution in [0.1, 0.15) is 0 Å². The van der Waals surface area contributed by atoms with Crippen LogP contribution in [0.25, 0.3) is 0 Å². The Kier molecular flexibility index (Phi) is 6.22. The van der Waals surface area contributed by atoms with Gasteiger partial charge >= 0.3 is 6.03 Å². The van der Waals surface area contributed by atoms with Crippen LogP contribution in [-0.4, -0.2) is 19.9 Å². The van der Waals surface area contributed by atoms with Crippen molar-refractivity contribution in [3.05, 3.63) is 30.3 Å². The molecular formula is C9H12N2O2S. The lowest BCUT2D eigenvalue weighted by Crippen LogP contribution is -2.30. The molecule has 0 aliphatic carbocycles. The van der Waals surface area contributed by atoms with Gasteiger partial charge in [0.2, 0.25) is 0 Å². The Bertz CT molecular complexity index is 279. The van der Waals surface area contributed by atoms with Gasteiger partial charge in [-0.2, -0.15) is 0 Å². The number of nitrogens with zero attached hydrogens (tertiary/aromatic N) is 1. The summed E-state index contributed by atoms with van der Waals surface area (Å²) >= 11 is 4.02. The van der Waals surface area contributed by atoms with Crippen molar-refractivity contribution >= 4 is 31.3 Å². The first-order valence-corrected chi connectivity index (χ1v) is 4.20. The highest BCUT2D eigenvalue weighted by Crippen LogP contribution is 2.14. The van der Waals surface area contributed by atoms with Gasteiger partial charge in [-0.15, -0.1) is 0 Å². The van der Waals surface area contributed by atoms with Crippen LogP contribution in [0.4, 0.5) is 10.5 Å². The summed E-state index contributed by atoms with van der Waals surface area (Å²) in [6.45, 7) is 2.00. The summed E-state index contributed by atoms with van der Waals surface area (Å²) in [6.07, 6.45) is 0. The summed E-state index contributed by atoms with van der Waals surface area (Å²) in [5.74, 6) is 0. The number of carbonyl (C=O) groups excluding carboxylic acids is 2. The van der Waals surface area contributed by atoms with E-state index in [1.807, 2.05) is 37.1 Å². The van der Waals surface area contributed by atoms with Gasteiger partial charge in [-0.25, -0.2) is 9.10 Å². The molecule has 1 aromatic carbocycles. The van der Waals surface area contributed by atoms with Crippen molar-refractivity contribution in [3.8, 4) is 0 Å². The monoisotopic (exact) mass is 212 g/mol. The molecule has 0 fully saturated rings. The molecule has 0 aliphatic heterocycles. The fourth-order valence-electron chi connectivity index (χ4n) is 0.792. The number of nitrogens with one attached hydrogen (secondary N) is 1. The number of rotatable bonds is 1. The molecule has 0 aliphatic rings. The van der Waals surface area contributed by atoms with Gasteiger partial charge in [0.25, 0.3) is 0 Å². The predicted molar refractivity (Wildman–Crippen MR) is 59.5 cm³/mol. The highest BCUT2D eigenvalue weighted by atomic mass is 32.1. The number of anilines is 1. The summed E-state index contributed by atoms with van der Waals surface area (Å²) in [4.78, 5) is 19.1. The number of amides is 2. The molecule has 0 saturated carbocycles. The van der Waals surface area contributed by atoms with Crippen molar-refractivity contribution < 1.29 is 9.59 Å². The maximum absolute atomic E-state index is 11.1. The summed E-state index contributed by atoms with van der Waals surface area (Å²) in [5, 5.41) is 2.47. The molecule has 0 aromatic heterocycles. The van der Waals surface area contributed by atoms with E-state index >= 15 is 0 Å². The summed E-state index contributed by atoms with van der Waals surface area (Å²) < 4.78 is 1.25. The van der Waals surface area contributed by atoms with Gasteiger partial charge in [0.15, 0.2) is 0 Å². The molecule has 2 amide bonds. The zero-order valence-corrected chi connectivity index (χ0v) is 8.70. The molecule has 0 radical (unpaired) electrons. The van der Waals surface area contributed by atoms with Gasteiger partial charge in [0, 0.05) is 7.05 Å². The van der Waals surface area contributed by atoms with Crippen LogP contribution in [0, 0.1) is 0 Å². The molecule has 0 atom stereocenters. The van der Waals surface area contributed by atoms with Gasteiger partial charge in [-0.1, -0.05) is 31.0 Å². The highest BCUT2D eigenvalue weighted by Gasteiger charge is 2.07. The van der Waals surface area contributed by atoms with Crippen molar-refractivity contribution in [1.82, 2.24) is 5.32 Å². The van der Waals surface area contributed by atoms with E-state index in [2.05, 4.69) is 18.1 Å². The van der Waals surface area contributed by atoms with E-state index in [1.165, 1.54) is 4.31 Å². The number of urea groups is 1. The zero-order valence-electron chi connectivity index (χ0n) is 7.80. The smallest absolute Gasteiger partial charge is 0.331 e. The third-order valence-corrected chi connectivity index (χ3v) is 1.82. The lowest BCUT2D eigenvalue weighted by Gasteiger charge is -2.13. The Balaban J connectivity index is 0.000000791. The second kappa shape index (κ2) is 6.97. The summed E-state index contributed by atoms with van der Waals surface area (Å²) in [6, 6.07) is 8.95. The molecule has 0 unspecified atom stereocenters. The first-order chi connectivity index (χ1) is 6.75. The standard InChI is InChI=1S/C8H10N2OS.CH2O/c1-9-8(11)10(12)7-5-3-2-4-6-7;1-2/h2-6,12H,1H3,(H,9,11);1H2. The number of benzene rings is 1. The number of thiol groups is 1. The number of hydrogen-bond donors (Lipinski definition) is 2. The Morgan fingerprint density at radius 3 is 2.29 bits per heavy atom. The van der Waals surface area contributed by atoms with Crippen LogP contribution in [-0.2, 0) is 4.79 Å². The molecule has 1 rings (SSSR count). The zero-order chi connectivity index (χ0) is 11.0. The van der Waals surface area contributed by atoms with Crippen molar-refractivity contribution in [1.29, 1.82) is 0 Å². The number of hydrogen-bond acceptors (Lipinski definition) is 3. The summed E-state index contributed by atoms with van der Waals surface area (Å²) in [5.41, 5.74) is 0.750. The number of para-hydroxylation sites is 1. The molecule has 0 spiro atoms. The van der Waals surface area contributed by atoms with Crippen LogP contribution in [0.5, 0.6) is 0 Å². The Labute approximate surface area is 88.5 Å². The van der Waals surface area contributed by atoms with Crippen LogP contribution >= 0.6 is 12.8 Å². The SMILES string of the molecule is C=O.CNC(=O)N(S)c1ccccc1. The maximum atomic E-state index is 11.1. The van der Waals surface area contributed by atoms with E-state index in [1.54, 1.807) is 7.05 Å². The average Bonchev–Trinajstić information content (AvgIpc) is 2.31. The Morgan fingerprint density at radius 2 is 1.86 bits per heavy atom. The van der Waals surface area contributed by atoms with Gasteiger partial charge in [-0.05, 0) is 12.1 Å². The molecule has 0 saturated heterocycles. The second-order valence-electron chi connectivity index (χ2n) is 2.20. The van der Waals surface area contributed by atoms with E-state index in [0.717, 1.165) is 5.69 Å². The maximum Gasteiger partial charge on any atom is 0.331 e. The van der Waals surface area contributed by atoms with Crippen LogP contribution < -0.4 is 9.62 Å². The van der Waals surface area contributed by atoms with Crippen LogP contribution in [0.2, 0.25) is 0 Å². The first kappa shape index (κ1) is 12.5. The van der Waals surface area contributed by atoms with E-state index in [0.29, 0.717) is 0 Å². The van der Waals surface area contributed by atoms with Crippen molar-refractivity contribution in [2.45, 2.75) is 0 Å². The van der Waals surface area contributed by atoms with Crippen LogP contribution in [0.3, 0.4) is 0 Å². The molecule has 14 heavy (non-hydrogen) atoms. The van der Waals surface area contributed by atoms with Gasteiger partial charge in [0.1, 0.15) is 6.79 Å². The minimum absolute atomic E-state index is 0.246. The Hall–Kier alpha value is -1.49. The summed E-state index contributed by atoms with van der Waals surface area (Å²) in [7, 11) is 1.56. The fraction of sp³-hybridized carbons (Fsp3) is 0.111. The normalized spacial score (nSPS) is 8.14. The minimum atomic E-state index is -0.246. The van der Waals surface area contributed by atoms with Crippen molar-refractivity contribution in [2.75, 3.05) is 11.4 Å². The van der Waals surface area contributed by atoms with Crippen molar-refractivity contribution in [3.63, 3.8) is 0 Å². The van der Waals surface area contributed by atoms with E-state index in [9.17, 15) is 4.79 Å². The average molecular weight is 212 g/mol. The van der Waals surface area contributed by atoms with E-state index < -0.39 is 0 Å². The molecule has 0 bridgehead atoms. The molecule has 0 heterocycles. The molecule has 76 valence electrons. The lowest BCUT2D eigenvalue weighted by atomic mass is 10.3.